The van der Waals surface area contributed by atoms with Crippen LogP contribution in [0.4, 0.5) is 5.69 Å². The normalized spacial score (nSPS) is 11.5. The molecule has 0 spiro atoms. The Bertz CT molecular complexity index is 1210. The summed E-state index contributed by atoms with van der Waals surface area (Å²) in [5.41, 5.74) is 4.29. The molecule has 0 aliphatic rings. The second-order valence-electron chi connectivity index (χ2n) is 7.04. The topological polar surface area (TPSA) is 121 Å². The zero-order valence-corrected chi connectivity index (χ0v) is 18.7. The van der Waals surface area contributed by atoms with Gasteiger partial charge in [-0.15, -0.1) is 0 Å². The van der Waals surface area contributed by atoms with Gasteiger partial charge >= 0.3 is 0 Å². The molecule has 1 aromatic heterocycles. The van der Waals surface area contributed by atoms with Crippen molar-refractivity contribution in [1.29, 1.82) is 0 Å². The van der Waals surface area contributed by atoms with Crippen LogP contribution in [0.25, 0.3) is 0 Å². The van der Waals surface area contributed by atoms with Gasteiger partial charge in [0.2, 0.25) is 15.9 Å². The molecule has 3 rings (SSSR count). The summed E-state index contributed by atoms with van der Waals surface area (Å²) in [6.07, 6.45) is 4.62. The van der Waals surface area contributed by atoms with E-state index in [-0.39, 0.29) is 17.3 Å². The van der Waals surface area contributed by atoms with Crippen molar-refractivity contribution in [1.82, 2.24) is 14.7 Å². The predicted molar refractivity (Wildman–Crippen MR) is 125 cm³/mol. The number of nitrogens with zero attached hydrogens (tertiary/aromatic N) is 3. The summed E-state index contributed by atoms with van der Waals surface area (Å²) in [4.78, 5) is 27.6. The van der Waals surface area contributed by atoms with E-state index in [9.17, 15) is 18.0 Å². The number of hydrogen-bond donors (Lipinski definition) is 2. The van der Waals surface area contributed by atoms with Crippen LogP contribution < -0.4 is 10.7 Å². The van der Waals surface area contributed by atoms with Gasteiger partial charge in [0, 0.05) is 31.5 Å². The van der Waals surface area contributed by atoms with E-state index in [2.05, 4.69) is 20.8 Å². The lowest BCUT2D eigenvalue weighted by atomic mass is 10.2. The first kappa shape index (κ1) is 23.8. The molecule has 0 aliphatic carbocycles. The number of carbonyl (C=O) groups excluding carboxylic acids is 2. The monoisotopic (exact) mass is 465 g/mol. The minimum absolute atomic E-state index is 0.000574. The van der Waals surface area contributed by atoms with Gasteiger partial charge in [0.1, 0.15) is 0 Å². The number of carbonyl (C=O) groups is 2. The third kappa shape index (κ3) is 7.06. The highest BCUT2D eigenvalue weighted by molar-refractivity contribution is 7.89. The van der Waals surface area contributed by atoms with Crippen molar-refractivity contribution in [2.75, 3.05) is 11.9 Å². The first-order valence-electron chi connectivity index (χ1n) is 9.98. The molecule has 33 heavy (non-hydrogen) atoms. The van der Waals surface area contributed by atoms with Gasteiger partial charge in [0.25, 0.3) is 5.91 Å². The van der Waals surface area contributed by atoms with Crippen molar-refractivity contribution >= 4 is 33.7 Å². The van der Waals surface area contributed by atoms with Gasteiger partial charge in [-0.2, -0.15) is 9.41 Å². The molecule has 2 aromatic carbocycles. The van der Waals surface area contributed by atoms with Gasteiger partial charge in [-0.3, -0.25) is 14.6 Å². The standard InChI is InChI=1S/C23H23N5O4S/c1-18(29)26-21-7-9-22(10-8-21)33(31,32)28(16-20-5-3-2-4-6-20)17-23(30)27-25-15-19-11-13-24-14-12-19/h2-15H,16-17H2,1H3,(H,26,29)(H,27,30). The van der Waals surface area contributed by atoms with Crippen LogP contribution in [0.2, 0.25) is 0 Å². The highest BCUT2D eigenvalue weighted by Gasteiger charge is 2.27. The van der Waals surface area contributed by atoms with Gasteiger partial charge in [0.15, 0.2) is 0 Å². The molecule has 0 saturated heterocycles. The van der Waals surface area contributed by atoms with E-state index in [1.807, 2.05) is 6.07 Å². The lowest BCUT2D eigenvalue weighted by molar-refractivity contribution is -0.121. The molecule has 0 radical (unpaired) electrons. The van der Waals surface area contributed by atoms with Gasteiger partial charge in [-0.1, -0.05) is 30.3 Å². The Labute approximate surface area is 192 Å². The molecule has 9 nitrogen and oxygen atoms in total. The lowest BCUT2D eigenvalue weighted by Crippen LogP contribution is -2.39. The van der Waals surface area contributed by atoms with Gasteiger partial charge in [-0.25, -0.2) is 13.8 Å². The second-order valence-corrected chi connectivity index (χ2v) is 8.98. The van der Waals surface area contributed by atoms with E-state index < -0.39 is 22.5 Å². The average Bonchev–Trinajstić information content (AvgIpc) is 2.80. The Hall–Kier alpha value is -3.89. The molecule has 3 aromatic rings. The Kier molecular flexibility index (Phi) is 8.01. The molecule has 0 bridgehead atoms. The Morgan fingerprint density at radius 3 is 2.30 bits per heavy atom. The van der Waals surface area contributed by atoms with Crippen LogP contribution >= 0.6 is 0 Å². The van der Waals surface area contributed by atoms with Crippen LogP contribution in [-0.2, 0) is 26.2 Å². The molecule has 0 unspecified atom stereocenters. The molecule has 0 aliphatic heterocycles. The third-order valence-corrected chi connectivity index (χ3v) is 6.25. The number of hydrogen-bond acceptors (Lipinski definition) is 6. The minimum Gasteiger partial charge on any atom is -0.326 e. The summed E-state index contributed by atoms with van der Waals surface area (Å²) in [5.74, 6) is -0.852. The zero-order chi connectivity index (χ0) is 23.7. The molecule has 170 valence electrons. The number of hydrazone groups is 1. The van der Waals surface area contributed by atoms with Gasteiger partial charge in [0.05, 0.1) is 17.7 Å². The smallest absolute Gasteiger partial charge is 0.255 e. The number of nitrogens with one attached hydrogen (secondary N) is 2. The summed E-state index contributed by atoms with van der Waals surface area (Å²) >= 11 is 0. The molecule has 10 heteroatoms. The Balaban J connectivity index is 1.78. The number of sulfonamides is 1. The fraction of sp³-hybridized carbons (Fsp3) is 0.130. The molecule has 2 N–H and O–H groups in total. The molecular formula is C23H23N5O4S. The van der Waals surface area contributed by atoms with E-state index >= 15 is 0 Å². The van der Waals surface area contributed by atoms with E-state index in [1.54, 1.807) is 48.8 Å². The van der Waals surface area contributed by atoms with Crippen molar-refractivity contribution in [3.63, 3.8) is 0 Å². The maximum Gasteiger partial charge on any atom is 0.255 e. The minimum atomic E-state index is -4.02. The first-order chi connectivity index (χ1) is 15.8. The van der Waals surface area contributed by atoms with Crippen LogP contribution in [0.1, 0.15) is 18.1 Å². The zero-order valence-electron chi connectivity index (χ0n) is 17.9. The molecule has 0 atom stereocenters. The second kappa shape index (κ2) is 11.1. The summed E-state index contributed by atoms with van der Waals surface area (Å²) in [5, 5.41) is 6.47. The highest BCUT2D eigenvalue weighted by Crippen LogP contribution is 2.20. The van der Waals surface area contributed by atoms with Crippen molar-refractivity contribution < 1.29 is 18.0 Å². The maximum absolute atomic E-state index is 13.3. The largest absolute Gasteiger partial charge is 0.326 e. The molecule has 0 fully saturated rings. The Morgan fingerprint density at radius 1 is 1.00 bits per heavy atom. The predicted octanol–water partition coefficient (Wildman–Crippen LogP) is 2.38. The number of rotatable bonds is 9. The summed E-state index contributed by atoms with van der Waals surface area (Å²) < 4.78 is 27.7. The summed E-state index contributed by atoms with van der Waals surface area (Å²) in [6.45, 7) is 0.929. The first-order valence-corrected chi connectivity index (χ1v) is 11.4. The SMILES string of the molecule is CC(=O)Nc1ccc(S(=O)(=O)N(CC(=O)NN=Cc2ccncc2)Cc2ccccc2)cc1. The fourth-order valence-corrected chi connectivity index (χ4v) is 4.28. The van der Waals surface area contributed by atoms with Crippen molar-refractivity contribution in [2.24, 2.45) is 5.10 Å². The van der Waals surface area contributed by atoms with Crippen molar-refractivity contribution in [2.45, 2.75) is 18.4 Å². The van der Waals surface area contributed by atoms with E-state index in [1.165, 1.54) is 37.4 Å². The number of anilines is 1. The van der Waals surface area contributed by atoms with Crippen molar-refractivity contribution in [3.8, 4) is 0 Å². The van der Waals surface area contributed by atoms with Crippen LogP contribution in [0.15, 0.2) is 89.1 Å². The molecular weight excluding hydrogens is 442 g/mol. The molecule has 2 amide bonds. The van der Waals surface area contributed by atoms with Crippen LogP contribution in [-0.4, -0.2) is 42.3 Å². The number of benzene rings is 2. The third-order valence-electron chi connectivity index (χ3n) is 4.44. The Morgan fingerprint density at radius 2 is 1.67 bits per heavy atom. The van der Waals surface area contributed by atoms with Crippen molar-refractivity contribution in [3.05, 3.63) is 90.3 Å². The fourth-order valence-electron chi connectivity index (χ4n) is 2.90. The van der Waals surface area contributed by atoms with E-state index in [4.69, 9.17) is 0 Å². The lowest BCUT2D eigenvalue weighted by Gasteiger charge is -2.21. The average molecular weight is 466 g/mol. The summed E-state index contributed by atoms with van der Waals surface area (Å²) in [7, 11) is -4.02. The van der Waals surface area contributed by atoms with Crippen LogP contribution in [0.5, 0.6) is 0 Å². The number of amides is 2. The van der Waals surface area contributed by atoms with E-state index in [0.29, 0.717) is 5.69 Å². The van der Waals surface area contributed by atoms with Gasteiger partial charge < -0.3 is 5.32 Å². The van der Waals surface area contributed by atoms with E-state index in [0.717, 1.165) is 15.4 Å². The molecule has 0 saturated carbocycles. The quantitative estimate of drug-likeness (QED) is 0.371. The number of aromatic nitrogens is 1. The van der Waals surface area contributed by atoms with Crippen LogP contribution in [0, 0.1) is 0 Å². The van der Waals surface area contributed by atoms with Crippen LogP contribution in [0.3, 0.4) is 0 Å². The molecule has 1 heterocycles. The van der Waals surface area contributed by atoms with Gasteiger partial charge in [-0.05, 0) is 47.5 Å². The highest BCUT2D eigenvalue weighted by atomic mass is 32.2. The number of pyridine rings is 1. The maximum atomic E-state index is 13.3. The summed E-state index contributed by atoms with van der Waals surface area (Å²) in [6, 6.07) is 18.2.